The Balaban J connectivity index is 1.88. The zero-order chi connectivity index (χ0) is 21.7. The van der Waals surface area contributed by atoms with Crippen molar-refractivity contribution in [3.05, 3.63) is 109 Å². The van der Waals surface area contributed by atoms with Gasteiger partial charge in [0.2, 0.25) is 0 Å². The van der Waals surface area contributed by atoms with Crippen LogP contribution in [0.2, 0.25) is 0 Å². The highest BCUT2D eigenvalue weighted by atomic mass is 32.3. The lowest BCUT2D eigenvalue weighted by molar-refractivity contribution is 0.474. The zero-order valence-corrected chi connectivity index (χ0v) is 18.3. The molecule has 4 nitrogen and oxygen atoms in total. The first-order valence-corrected chi connectivity index (χ1v) is 13.2. The molecule has 0 radical (unpaired) electrons. The van der Waals surface area contributed by atoms with E-state index in [-0.39, 0.29) is 15.7 Å². The van der Waals surface area contributed by atoms with E-state index in [4.69, 9.17) is 0 Å². The van der Waals surface area contributed by atoms with Gasteiger partial charge in [0.05, 0.1) is 9.79 Å². The van der Waals surface area contributed by atoms with E-state index >= 15 is 0 Å². The molecule has 0 heterocycles. The van der Waals surface area contributed by atoms with Gasteiger partial charge in [-0.1, -0.05) is 78.9 Å². The number of hydrogen-bond donors (Lipinski definition) is 0. The van der Waals surface area contributed by atoms with E-state index in [2.05, 4.69) is 0 Å². The van der Waals surface area contributed by atoms with Crippen LogP contribution in [0.15, 0.2) is 113 Å². The smallest absolute Gasteiger partial charge is 0.200 e. The maximum atomic E-state index is 14.3. The lowest BCUT2D eigenvalue weighted by Crippen LogP contribution is -2.54. The van der Waals surface area contributed by atoms with Gasteiger partial charge in [0, 0.05) is 11.8 Å². The first-order valence-electron chi connectivity index (χ1n) is 10.2. The normalized spacial score (nSPS) is 24.3. The van der Waals surface area contributed by atoms with E-state index in [1.165, 1.54) is 24.3 Å². The molecule has 0 unspecified atom stereocenters. The molecule has 3 aromatic carbocycles. The summed E-state index contributed by atoms with van der Waals surface area (Å²) in [6.07, 6.45) is 4.28. The lowest BCUT2D eigenvalue weighted by Gasteiger charge is -2.40. The predicted molar refractivity (Wildman–Crippen MR) is 120 cm³/mol. The van der Waals surface area contributed by atoms with Gasteiger partial charge in [0.15, 0.2) is 23.8 Å². The molecule has 2 bridgehead atoms. The van der Waals surface area contributed by atoms with Crippen LogP contribution < -0.4 is 0 Å². The van der Waals surface area contributed by atoms with E-state index < -0.39 is 35.6 Å². The molecule has 0 spiro atoms. The molecule has 31 heavy (non-hydrogen) atoms. The highest BCUT2D eigenvalue weighted by Gasteiger charge is 2.71. The highest BCUT2D eigenvalue weighted by Crippen LogP contribution is 2.63. The number of sulfone groups is 2. The van der Waals surface area contributed by atoms with Gasteiger partial charge in [-0.05, 0) is 42.2 Å². The molecular weight excluding hydrogens is 428 g/mol. The quantitative estimate of drug-likeness (QED) is 0.532. The van der Waals surface area contributed by atoms with Gasteiger partial charge in [-0.2, -0.15) is 0 Å². The van der Waals surface area contributed by atoms with E-state index in [1.54, 1.807) is 42.5 Å². The fraction of sp³-hybridized carbons (Fsp3) is 0.200. The number of hydrogen-bond acceptors (Lipinski definition) is 4. The van der Waals surface area contributed by atoms with Crippen LogP contribution in [-0.2, 0) is 19.7 Å². The van der Waals surface area contributed by atoms with Crippen LogP contribution in [-0.4, -0.2) is 20.9 Å². The summed E-state index contributed by atoms with van der Waals surface area (Å²) in [7, 11) is -8.55. The van der Waals surface area contributed by atoms with Crippen LogP contribution in [0.4, 0.5) is 0 Å². The SMILES string of the molecule is O=S(=O)(c1ccccc1)C1(S(=O)(=O)c2ccccc2)[C@H](c2ccccc2)[C@@H]2C=C[C@H]1C2. The summed E-state index contributed by atoms with van der Waals surface area (Å²) in [5, 5.41) is 0. The molecule has 3 atom stereocenters. The molecule has 158 valence electrons. The van der Waals surface area contributed by atoms with Gasteiger partial charge < -0.3 is 0 Å². The standard InChI is InChI=1S/C25H22O4S2/c26-30(27,22-12-6-2-7-13-22)25(31(28,29)23-14-8-3-9-15-23)21-17-16-20(18-21)24(25)19-10-4-1-5-11-19/h1-17,20-21,24H,18H2/t20-,21+,24-/m1/s1. The van der Waals surface area contributed by atoms with Gasteiger partial charge in [-0.3, -0.25) is 0 Å². The fourth-order valence-electron chi connectivity index (χ4n) is 5.39. The van der Waals surface area contributed by atoms with Crippen molar-refractivity contribution in [1.82, 2.24) is 0 Å². The van der Waals surface area contributed by atoms with Crippen LogP contribution >= 0.6 is 0 Å². The van der Waals surface area contributed by atoms with E-state index in [1.807, 2.05) is 36.4 Å². The van der Waals surface area contributed by atoms with Crippen molar-refractivity contribution in [2.75, 3.05) is 0 Å². The van der Waals surface area contributed by atoms with Crippen molar-refractivity contribution in [3.63, 3.8) is 0 Å². The molecule has 0 aliphatic heterocycles. The first-order chi connectivity index (χ1) is 14.9. The number of benzene rings is 3. The molecule has 2 aliphatic carbocycles. The van der Waals surface area contributed by atoms with E-state index in [0.717, 1.165) is 5.56 Å². The maximum absolute atomic E-state index is 14.3. The zero-order valence-electron chi connectivity index (χ0n) is 16.7. The molecule has 3 aromatic rings. The lowest BCUT2D eigenvalue weighted by atomic mass is 9.86. The largest absolute Gasteiger partial charge is 0.222 e. The van der Waals surface area contributed by atoms with Gasteiger partial charge in [-0.25, -0.2) is 16.8 Å². The molecule has 2 aliphatic rings. The van der Waals surface area contributed by atoms with Gasteiger partial charge >= 0.3 is 0 Å². The second kappa shape index (κ2) is 7.18. The second-order valence-corrected chi connectivity index (χ2v) is 12.7. The Morgan fingerprint density at radius 1 is 0.613 bits per heavy atom. The summed E-state index contributed by atoms with van der Waals surface area (Å²) < 4.78 is 55.3. The predicted octanol–water partition coefficient (Wildman–Crippen LogP) is 4.62. The van der Waals surface area contributed by atoms with Crippen LogP contribution in [0.3, 0.4) is 0 Å². The Kier molecular flexibility index (Phi) is 4.68. The summed E-state index contributed by atoms with van der Waals surface area (Å²) >= 11 is 0. The monoisotopic (exact) mass is 450 g/mol. The Morgan fingerprint density at radius 2 is 1.06 bits per heavy atom. The van der Waals surface area contributed by atoms with Crippen molar-refractivity contribution in [2.45, 2.75) is 26.2 Å². The van der Waals surface area contributed by atoms with Crippen LogP contribution in [0.5, 0.6) is 0 Å². The third kappa shape index (κ3) is 2.71. The summed E-state index contributed by atoms with van der Waals surface area (Å²) in [5.41, 5.74) is 0.735. The van der Waals surface area contributed by atoms with Gasteiger partial charge in [-0.15, -0.1) is 0 Å². The minimum Gasteiger partial charge on any atom is -0.222 e. The van der Waals surface area contributed by atoms with Gasteiger partial charge in [0.25, 0.3) is 0 Å². The van der Waals surface area contributed by atoms with Crippen LogP contribution in [0, 0.1) is 11.8 Å². The van der Waals surface area contributed by atoms with E-state index in [9.17, 15) is 16.8 Å². The van der Waals surface area contributed by atoms with Crippen LogP contribution in [0.1, 0.15) is 17.9 Å². The Morgan fingerprint density at radius 3 is 1.55 bits per heavy atom. The molecule has 0 amide bonds. The average Bonchev–Trinajstić information content (AvgIpc) is 3.42. The summed E-state index contributed by atoms with van der Waals surface area (Å²) in [5.74, 6) is -1.48. The van der Waals surface area contributed by atoms with Gasteiger partial charge in [0.1, 0.15) is 0 Å². The van der Waals surface area contributed by atoms with E-state index in [0.29, 0.717) is 6.42 Å². The third-order valence-electron chi connectivity index (χ3n) is 6.60. The van der Waals surface area contributed by atoms with Crippen molar-refractivity contribution < 1.29 is 16.8 Å². The molecule has 0 N–H and O–H groups in total. The molecule has 6 heteroatoms. The molecule has 5 rings (SSSR count). The Labute approximate surface area is 183 Å². The second-order valence-electron chi connectivity index (χ2n) is 8.13. The topological polar surface area (TPSA) is 68.3 Å². The minimum atomic E-state index is -4.27. The minimum absolute atomic E-state index is 0.0383. The summed E-state index contributed by atoms with van der Waals surface area (Å²) in [6.45, 7) is 0. The highest BCUT2D eigenvalue weighted by molar-refractivity contribution is 8.10. The Hall–Kier alpha value is -2.70. The first kappa shape index (κ1) is 20.2. The molecule has 0 aromatic heterocycles. The number of allylic oxidation sites excluding steroid dienone is 2. The molecule has 1 saturated carbocycles. The van der Waals surface area contributed by atoms with Crippen molar-refractivity contribution >= 4 is 19.7 Å². The average molecular weight is 451 g/mol. The molecule has 0 saturated heterocycles. The summed E-state index contributed by atoms with van der Waals surface area (Å²) in [6, 6.07) is 25.2. The fourth-order valence-corrected chi connectivity index (χ4v) is 11.3. The van der Waals surface area contributed by atoms with Crippen molar-refractivity contribution in [3.8, 4) is 0 Å². The molecular formula is C25H22O4S2. The Bertz CT molecular complexity index is 1260. The number of fused-ring (bicyclic) bond motifs is 2. The number of rotatable bonds is 5. The van der Waals surface area contributed by atoms with Crippen molar-refractivity contribution in [2.24, 2.45) is 11.8 Å². The van der Waals surface area contributed by atoms with Crippen molar-refractivity contribution in [1.29, 1.82) is 0 Å². The third-order valence-corrected chi connectivity index (χ3v) is 12.5. The van der Waals surface area contributed by atoms with Crippen LogP contribution in [0.25, 0.3) is 0 Å². The molecule has 1 fully saturated rings. The summed E-state index contributed by atoms with van der Waals surface area (Å²) in [4.78, 5) is 0.0766. The maximum Gasteiger partial charge on any atom is 0.200 e.